The van der Waals surface area contributed by atoms with Crippen LogP contribution in [-0.4, -0.2) is 26.1 Å². The van der Waals surface area contributed by atoms with E-state index in [-0.39, 0.29) is 11.9 Å². The summed E-state index contributed by atoms with van der Waals surface area (Å²) in [5, 5.41) is 3.05. The highest BCUT2D eigenvalue weighted by Gasteiger charge is 2.24. The predicted octanol–water partition coefficient (Wildman–Crippen LogP) is 3.25. The van der Waals surface area contributed by atoms with Crippen molar-refractivity contribution in [2.75, 3.05) is 14.2 Å². The van der Waals surface area contributed by atoms with Crippen molar-refractivity contribution in [3.05, 3.63) is 34.9 Å². The van der Waals surface area contributed by atoms with Gasteiger partial charge in [-0.25, -0.2) is 4.79 Å². The van der Waals surface area contributed by atoms with Crippen LogP contribution in [0, 0.1) is 0 Å². The fraction of sp³-hybridized carbons (Fsp3) is 0.444. The molecule has 2 rings (SSSR count). The number of benzene rings is 1. The molecule has 0 bridgehead atoms. The maximum Gasteiger partial charge on any atom is 0.338 e. The van der Waals surface area contributed by atoms with Crippen molar-refractivity contribution in [3.63, 3.8) is 0 Å². The molecule has 0 saturated carbocycles. The van der Waals surface area contributed by atoms with Gasteiger partial charge in [-0.1, -0.05) is 18.6 Å². The number of hydrogen-bond donors (Lipinski definition) is 1. The Kier molecular flexibility index (Phi) is 5.79. The predicted molar refractivity (Wildman–Crippen MR) is 88.4 cm³/mol. The first-order valence-electron chi connectivity index (χ1n) is 7.83. The van der Waals surface area contributed by atoms with Gasteiger partial charge in [0.05, 0.1) is 25.8 Å². The molecular formula is C18H23NO4. The highest BCUT2D eigenvalue weighted by Crippen LogP contribution is 2.33. The van der Waals surface area contributed by atoms with Crippen LogP contribution in [0.4, 0.5) is 0 Å². The Labute approximate surface area is 136 Å². The summed E-state index contributed by atoms with van der Waals surface area (Å²) < 4.78 is 10.2. The Hall–Kier alpha value is -2.30. The Morgan fingerprint density at radius 3 is 2.74 bits per heavy atom. The third-order valence-corrected chi connectivity index (χ3v) is 4.02. The van der Waals surface area contributed by atoms with Gasteiger partial charge in [-0.15, -0.1) is 0 Å². The maximum atomic E-state index is 12.1. The second-order valence-corrected chi connectivity index (χ2v) is 5.54. The van der Waals surface area contributed by atoms with Crippen molar-refractivity contribution in [2.45, 2.75) is 38.6 Å². The van der Waals surface area contributed by atoms with E-state index in [1.165, 1.54) is 7.11 Å². The van der Waals surface area contributed by atoms with Gasteiger partial charge in [0.15, 0.2) is 0 Å². The lowest BCUT2D eigenvalue weighted by Gasteiger charge is -2.21. The zero-order valence-corrected chi connectivity index (χ0v) is 13.8. The molecule has 1 unspecified atom stereocenters. The van der Waals surface area contributed by atoms with E-state index in [2.05, 4.69) is 5.32 Å². The van der Waals surface area contributed by atoms with Gasteiger partial charge in [-0.3, -0.25) is 4.79 Å². The number of rotatable bonds is 4. The van der Waals surface area contributed by atoms with Crippen molar-refractivity contribution in [1.29, 1.82) is 0 Å². The minimum Gasteiger partial charge on any atom is -0.497 e. The van der Waals surface area contributed by atoms with Gasteiger partial charge in [0.25, 0.3) is 0 Å². The second-order valence-electron chi connectivity index (χ2n) is 5.54. The molecule has 1 aromatic rings. The monoisotopic (exact) mass is 317 g/mol. The van der Waals surface area contributed by atoms with E-state index < -0.39 is 5.97 Å². The molecule has 0 aliphatic carbocycles. The van der Waals surface area contributed by atoms with Gasteiger partial charge in [0.2, 0.25) is 5.91 Å². The molecule has 1 fully saturated rings. The van der Waals surface area contributed by atoms with Crippen molar-refractivity contribution >= 4 is 18.0 Å². The molecule has 1 N–H and O–H groups in total. The molecule has 0 radical (unpaired) electrons. The highest BCUT2D eigenvalue weighted by atomic mass is 16.5. The average molecular weight is 317 g/mol. The van der Waals surface area contributed by atoms with Crippen molar-refractivity contribution in [2.24, 2.45) is 0 Å². The van der Waals surface area contributed by atoms with Gasteiger partial charge in [-0.2, -0.15) is 0 Å². The molecule has 1 aliphatic heterocycles. The molecule has 124 valence electrons. The van der Waals surface area contributed by atoms with Gasteiger partial charge < -0.3 is 14.8 Å². The van der Waals surface area contributed by atoms with Gasteiger partial charge >= 0.3 is 5.97 Å². The molecule has 0 spiro atoms. The minimum absolute atomic E-state index is 0.0429. The van der Waals surface area contributed by atoms with Crippen LogP contribution in [0.15, 0.2) is 18.2 Å². The van der Waals surface area contributed by atoms with E-state index in [9.17, 15) is 9.59 Å². The molecule has 1 amide bonds. The number of amides is 1. The molecule has 5 nitrogen and oxygen atoms in total. The standard InChI is InChI=1S/C18H23NO4/c1-4-7-13-14(16-8-5-6-9-17(20)19-16)10-12(22-2)11-15(13)18(21)23-3/h4,7,10-11,16H,5-6,8-9H2,1-3H3,(H,19,20). The fourth-order valence-corrected chi connectivity index (χ4v) is 2.89. The van der Waals surface area contributed by atoms with E-state index >= 15 is 0 Å². The number of allylic oxidation sites excluding steroid dienone is 1. The van der Waals surface area contributed by atoms with Gasteiger partial charge in [0.1, 0.15) is 5.75 Å². The third kappa shape index (κ3) is 3.92. The SMILES string of the molecule is CC=Cc1c(C(=O)OC)cc(OC)cc1C1CCCCC(=O)N1. The van der Waals surface area contributed by atoms with Crippen LogP contribution in [0.1, 0.15) is 60.1 Å². The van der Waals surface area contributed by atoms with Crippen LogP contribution < -0.4 is 10.1 Å². The number of ether oxygens (including phenoxy) is 2. The van der Waals surface area contributed by atoms with Crippen LogP contribution in [-0.2, 0) is 9.53 Å². The summed E-state index contributed by atoms with van der Waals surface area (Å²) in [6, 6.07) is 3.43. The molecule has 1 heterocycles. The zero-order valence-electron chi connectivity index (χ0n) is 13.8. The summed E-state index contributed by atoms with van der Waals surface area (Å²) in [6.45, 7) is 1.89. The molecule has 1 atom stereocenters. The maximum absolute atomic E-state index is 12.1. The average Bonchev–Trinajstić information content (AvgIpc) is 2.78. The Balaban J connectivity index is 2.58. The minimum atomic E-state index is -0.418. The van der Waals surface area contributed by atoms with Gasteiger partial charge in [-0.05, 0) is 43.0 Å². The van der Waals surface area contributed by atoms with E-state index in [1.54, 1.807) is 13.2 Å². The summed E-state index contributed by atoms with van der Waals surface area (Å²) >= 11 is 0. The normalized spacial score (nSPS) is 18.4. The summed E-state index contributed by atoms with van der Waals surface area (Å²) in [5.41, 5.74) is 2.10. The smallest absolute Gasteiger partial charge is 0.338 e. The summed E-state index contributed by atoms with van der Waals surface area (Å²) in [6.07, 6.45) is 6.97. The quantitative estimate of drug-likeness (QED) is 0.866. The molecule has 1 saturated heterocycles. The molecule has 5 heteroatoms. The summed E-state index contributed by atoms with van der Waals surface area (Å²) in [5.74, 6) is 0.201. The molecular weight excluding hydrogens is 294 g/mol. The van der Waals surface area contributed by atoms with Crippen LogP contribution in [0.5, 0.6) is 5.75 Å². The number of hydrogen-bond acceptors (Lipinski definition) is 4. The van der Waals surface area contributed by atoms with E-state index in [0.29, 0.717) is 17.7 Å². The zero-order chi connectivity index (χ0) is 16.8. The van der Waals surface area contributed by atoms with Gasteiger partial charge in [0, 0.05) is 6.42 Å². The Morgan fingerprint density at radius 2 is 2.09 bits per heavy atom. The van der Waals surface area contributed by atoms with Crippen LogP contribution in [0.25, 0.3) is 6.08 Å². The van der Waals surface area contributed by atoms with E-state index in [0.717, 1.165) is 30.4 Å². The second kappa shape index (κ2) is 7.81. The molecule has 0 aromatic heterocycles. The summed E-state index contributed by atoms with van der Waals surface area (Å²) in [7, 11) is 2.91. The number of carbonyl (C=O) groups excluding carboxylic acids is 2. The number of nitrogens with one attached hydrogen (secondary N) is 1. The first-order chi connectivity index (χ1) is 11.1. The Bertz CT molecular complexity index is 622. The lowest BCUT2D eigenvalue weighted by Crippen LogP contribution is -2.27. The fourth-order valence-electron chi connectivity index (χ4n) is 2.89. The topological polar surface area (TPSA) is 64.6 Å². The first-order valence-corrected chi connectivity index (χ1v) is 7.83. The number of esters is 1. The van der Waals surface area contributed by atoms with Crippen LogP contribution in [0.3, 0.4) is 0 Å². The van der Waals surface area contributed by atoms with Crippen LogP contribution >= 0.6 is 0 Å². The molecule has 23 heavy (non-hydrogen) atoms. The highest BCUT2D eigenvalue weighted by molar-refractivity contribution is 5.95. The molecule has 1 aliphatic rings. The lowest BCUT2D eigenvalue weighted by atomic mass is 9.92. The summed E-state index contributed by atoms with van der Waals surface area (Å²) in [4.78, 5) is 24.1. The molecule has 1 aromatic carbocycles. The van der Waals surface area contributed by atoms with E-state index in [1.807, 2.05) is 25.1 Å². The Morgan fingerprint density at radius 1 is 1.30 bits per heavy atom. The number of carbonyl (C=O) groups is 2. The largest absolute Gasteiger partial charge is 0.497 e. The van der Waals surface area contributed by atoms with Crippen molar-refractivity contribution in [1.82, 2.24) is 5.32 Å². The lowest BCUT2D eigenvalue weighted by molar-refractivity contribution is -0.121. The van der Waals surface area contributed by atoms with Crippen molar-refractivity contribution < 1.29 is 19.1 Å². The first kappa shape index (κ1) is 17.1. The van der Waals surface area contributed by atoms with Crippen LogP contribution in [0.2, 0.25) is 0 Å². The third-order valence-electron chi connectivity index (χ3n) is 4.02. The number of methoxy groups -OCH3 is 2. The van der Waals surface area contributed by atoms with E-state index in [4.69, 9.17) is 9.47 Å². The van der Waals surface area contributed by atoms with Crippen molar-refractivity contribution in [3.8, 4) is 5.75 Å².